The summed E-state index contributed by atoms with van der Waals surface area (Å²) in [5, 5.41) is 20.2. The monoisotopic (exact) mass is 255 g/mol. The average Bonchev–Trinajstić information content (AvgIpc) is 2.71. The van der Waals surface area contributed by atoms with Crippen LogP contribution in [0.15, 0.2) is 23.6 Å². The number of hydrogen-bond donors (Lipinski definition) is 2. The summed E-state index contributed by atoms with van der Waals surface area (Å²) in [7, 11) is 0. The first kappa shape index (κ1) is 10.9. The molecule has 4 nitrogen and oxygen atoms in total. The molecular weight excluding hydrogens is 250 g/mol. The van der Waals surface area contributed by atoms with Crippen LogP contribution in [-0.2, 0) is 0 Å². The van der Waals surface area contributed by atoms with E-state index in [1.54, 1.807) is 12.1 Å². The molecule has 0 bridgehead atoms. The van der Waals surface area contributed by atoms with E-state index in [2.05, 4.69) is 4.98 Å². The van der Waals surface area contributed by atoms with E-state index in [0.29, 0.717) is 10.6 Å². The second-order valence-electron chi connectivity index (χ2n) is 3.01. The molecule has 0 atom stereocenters. The molecule has 0 fully saturated rings. The molecule has 0 amide bonds. The van der Waals surface area contributed by atoms with Gasteiger partial charge in [0.05, 0.1) is 5.02 Å². The molecule has 1 heterocycles. The van der Waals surface area contributed by atoms with E-state index >= 15 is 0 Å². The van der Waals surface area contributed by atoms with Crippen molar-refractivity contribution in [1.29, 1.82) is 0 Å². The van der Waals surface area contributed by atoms with Gasteiger partial charge < -0.3 is 10.2 Å². The zero-order valence-corrected chi connectivity index (χ0v) is 9.42. The first-order valence-electron chi connectivity index (χ1n) is 4.25. The van der Waals surface area contributed by atoms with Gasteiger partial charge in [0, 0.05) is 10.9 Å². The lowest BCUT2D eigenvalue weighted by molar-refractivity contribution is 0.0691. The van der Waals surface area contributed by atoms with Crippen LogP contribution in [0.2, 0.25) is 5.02 Å². The van der Waals surface area contributed by atoms with Crippen LogP contribution in [0.5, 0.6) is 5.75 Å². The number of phenols is 1. The molecule has 0 aliphatic rings. The average molecular weight is 256 g/mol. The number of aromatic nitrogens is 1. The summed E-state index contributed by atoms with van der Waals surface area (Å²) in [6.07, 6.45) is 0. The quantitative estimate of drug-likeness (QED) is 0.866. The number of aromatic carboxylic acids is 1. The maximum absolute atomic E-state index is 10.6. The highest BCUT2D eigenvalue weighted by atomic mass is 35.5. The van der Waals surface area contributed by atoms with Crippen LogP contribution >= 0.6 is 22.9 Å². The lowest BCUT2D eigenvalue weighted by Crippen LogP contribution is -1.95. The first-order valence-corrected chi connectivity index (χ1v) is 5.51. The van der Waals surface area contributed by atoms with Gasteiger partial charge in [0.25, 0.3) is 0 Å². The molecular formula is C10H6ClNO3S. The molecule has 1 aromatic heterocycles. The molecule has 0 saturated heterocycles. The van der Waals surface area contributed by atoms with Crippen LogP contribution in [0.25, 0.3) is 10.6 Å². The van der Waals surface area contributed by atoms with Crippen molar-refractivity contribution in [3.05, 3.63) is 34.3 Å². The highest BCUT2D eigenvalue weighted by Gasteiger charge is 2.11. The Morgan fingerprint density at radius 3 is 2.75 bits per heavy atom. The predicted octanol–water partition coefficient (Wildman–Crippen LogP) is 2.87. The number of rotatable bonds is 2. The minimum absolute atomic E-state index is 0.00389. The van der Waals surface area contributed by atoms with Gasteiger partial charge in [-0.2, -0.15) is 0 Å². The summed E-state index contributed by atoms with van der Waals surface area (Å²) in [5.74, 6) is -1.08. The Labute approximate surface area is 99.8 Å². The summed E-state index contributed by atoms with van der Waals surface area (Å²) in [4.78, 5) is 14.6. The number of benzene rings is 1. The summed E-state index contributed by atoms with van der Waals surface area (Å²) in [6, 6.07) is 4.62. The highest BCUT2D eigenvalue weighted by molar-refractivity contribution is 7.13. The number of phenolic OH excluding ortho intramolecular Hbond substituents is 1. The second-order valence-corrected chi connectivity index (χ2v) is 4.27. The summed E-state index contributed by atoms with van der Waals surface area (Å²) >= 11 is 6.96. The van der Waals surface area contributed by atoms with Gasteiger partial charge in [0.1, 0.15) is 10.8 Å². The van der Waals surface area contributed by atoms with E-state index in [1.807, 2.05) is 0 Å². The van der Waals surface area contributed by atoms with Crippen molar-refractivity contribution < 1.29 is 15.0 Å². The molecule has 2 N–H and O–H groups in total. The molecule has 6 heteroatoms. The van der Waals surface area contributed by atoms with E-state index in [9.17, 15) is 9.90 Å². The zero-order chi connectivity index (χ0) is 11.7. The van der Waals surface area contributed by atoms with Crippen molar-refractivity contribution in [2.75, 3.05) is 0 Å². The number of carboxylic acids is 1. The van der Waals surface area contributed by atoms with Crippen LogP contribution < -0.4 is 0 Å². The Morgan fingerprint density at radius 1 is 1.44 bits per heavy atom. The molecule has 82 valence electrons. The SMILES string of the molecule is O=C(O)c1csc(-c2ccc(O)c(Cl)c2)n1. The van der Waals surface area contributed by atoms with Crippen molar-refractivity contribution >= 4 is 28.9 Å². The lowest BCUT2D eigenvalue weighted by atomic mass is 10.2. The maximum atomic E-state index is 10.6. The number of carbonyl (C=O) groups is 1. The fraction of sp³-hybridized carbons (Fsp3) is 0. The van der Waals surface area contributed by atoms with Crippen molar-refractivity contribution in [3.63, 3.8) is 0 Å². The van der Waals surface area contributed by atoms with Crippen molar-refractivity contribution in [3.8, 4) is 16.3 Å². The Balaban J connectivity index is 2.42. The zero-order valence-electron chi connectivity index (χ0n) is 7.85. The van der Waals surface area contributed by atoms with Gasteiger partial charge in [-0.3, -0.25) is 0 Å². The number of thiazole rings is 1. The van der Waals surface area contributed by atoms with Gasteiger partial charge in [0.15, 0.2) is 5.69 Å². The van der Waals surface area contributed by atoms with Crippen LogP contribution in [0, 0.1) is 0 Å². The molecule has 0 aliphatic carbocycles. The van der Waals surface area contributed by atoms with Gasteiger partial charge in [-0.25, -0.2) is 9.78 Å². The number of hydrogen-bond acceptors (Lipinski definition) is 4. The molecule has 1 aromatic carbocycles. The molecule has 0 unspecified atom stereocenters. The summed E-state index contributed by atoms with van der Waals surface area (Å²) < 4.78 is 0. The van der Waals surface area contributed by atoms with E-state index in [4.69, 9.17) is 16.7 Å². The van der Waals surface area contributed by atoms with Gasteiger partial charge in [-0.15, -0.1) is 11.3 Å². The normalized spacial score (nSPS) is 10.3. The van der Waals surface area contributed by atoms with Crippen LogP contribution in [0.4, 0.5) is 0 Å². The molecule has 0 saturated carbocycles. The van der Waals surface area contributed by atoms with E-state index < -0.39 is 5.97 Å². The largest absolute Gasteiger partial charge is 0.506 e. The number of aromatic hydroxyl groups is 1. The van der Waals surface area contributed by atoms with Crippen molar-refractivity contribution in [2.45, 2.75) is 0 Å². The summed E-state index contributed by atoms with van der Waals surface area (Å²) in [5.41, 5.74) is 0.685. The summed E-state index contributed by atoms with van der Waals surface area (Å²) in [6.45, 7) is 0. The number of nitrogens with zero attached hydrogens (tertiary/aromatic N) is 1. The smallest absolute Gasteiger partial charge is 0.355 e. The number of carboxylic acid groups (broad SMARTS) is 1. The Morgan fingerprint density at radius 2 is 2.19 bits per heavy atom. The van der Waals surface area contributed by atoms with Gasteiger partial charge >= 0.3 is 5.97 Å². The van der Waals surface area contributed by atoms with Gasteiger partial charge in [-0.05, 0) is 18.2 Å². The Kier molecular flexibility index (Phi) is 2.80. The molecule has 0 spiro atoms. The topological polar surface area (TPSA) is 70.4 Å². The molecule has 16 heavy (non-hydrogen) atoms. The molecule has 0 radical (unpaired) electrons. The molecule has 0 aliphatic heterocycles. The predicted molar refractivity (Wildman–Crippen MR) is 61.2 cm³/mol. The van der Waals surface area contributed by atoms with Crippen LogP contribution in [0.3, 0.4) is 0 Å². The first-order chi connectivity index (χ1) is 7.58. The van der Waals surface area contributed by atoms with Crippen LogP contribution in [0.1, 0.15) is 10.5 Å². The maximum Gasteiger partial charge on any atom is 0.355 e. The Bertz CT molecular complexity index is 553. The number of halogens is 1. The minimum Gasteiger partial charge on any atom is -0.506 e. The fourth-order valence-corrected chi connectivity index (χ4v) is 2.12. The minimum atomic E-state index is -1.06. The molecule has 2 aromatic rings. The van der Waals surface area contributed by atoms with Crippen molar-refractivity contribution in [1.82, 2.24) is 4.98 Å². The van der Waals surface area contributed by atoms with Crippen LogP contribution in [-0.4, -0.2) is 21.2 Å². The van der Waals surface area contributed by atoms with E-state index in [0.717, 1.165) is 0 Å². The van der Waals surface area contributed by atoms with Gasteiger partial charge in [-0.1, -0.05) is 11.6 Å². The fourth-order valence-electron chi connectivity index (χ4n) is 1.14. The van der Waals surface area contributed by atoms with E-state index in [1.165, 1.54) is 22.8 Å². The van der Waals surface area contributed by atoms with Gasteiger partial charge in [0.2, 0.25) is 0 Å². The Hall–Kier alpha value is -1.59. The third kappa shape index (κ3) is 2.00. The second kappa shape index (κ2) is 4.11. The standard InChI is InChI=1S/C10H6ClNO3S/c11-6-3-5(1-2-8(6)13)9-12-7(4-16-9)10(14)15/h1-4,13H,(H,14,15). The third-order valence-electron chi connectivity index (χ3n) is 1.92. The highest BCUT2D eigenvalue weighted by Crippen LogP contribution is 2.30. The third-order valence-corrected chi connectivity index (χ3v) is 3.11. The van der Waals surface area contributed by atoms with E-state index in [-0.39, 0.29) is 16.5 Å². The molecule has 2 rings (SSSR count). The van der Waals surface area contributed by atoms with Crippen molar-refractivity contribution in [2.24, 2.45) is 0 Å². The lowest BCUT2D eigenvalue weighted by Gasteiger charge is -1.99.